The molecule has 0 fully saturated rings. The van der Waals surface area contributed by atoms with Gasteiger partial charge in [-0.15, -0.1) is 0 Å². The molecule has 0 aliphatic heterocycles. The van der Waals surface area contributed by atoms with Crippen LogP contribution in [0.4, 0.5) is 5.82 Å². The molecule has 0 aromatic carbocycles. The van der Waals surface area contributed by atoms with Gasteiger partial charge in [-0.25, -0.2) is 9.97 Å². The average molecular weight is 391 g/mol. The van der Waals surface area contributed by atoms with Gasteiger partial charge in [0.15, 0.2) is 5.82 Å². The van der Waals surface area contributed by atoms with E-state index in [2.05, 4.69) is 69.1 Å². The topological polar surface area (TPSA) is 61.0 Å². The molecule has 0 aliphatic rings. The Balaban J connectivity index is 3.42. The Morgan fingerprint density at radius 3 is 2.10 bits per heavy atom. The molecule has 1 atom stereocenters. The summed E-state index contributed by atoms with van der Waals surface area (Å²) in [6.45, 7) is 15.4. The van der Waals surface area contributed by atoms with Crippen LogP contribution in [0.2, 0.25) is 0 Å². The number of hydrogen-bond donors (Lipinski definition) is 1. The summed E-state index contributed by atoms with van der Waals surface area (Å²) in [4.78, 5) is 9.23. The maximum Gasteiger partial charge on any atom is 0.160 e. The van der Waals surface area contributed by atoms with Gasteiger partial charge in [0, 0.05) is 12.0 Å². The molecule has 20 heavy (non-hydrogen) atoms. The molecule has 0 radical (unpaired) electrons. The van der Waals surface area contributed by atoms with Crippen LogP contribution in [0.15, 0.2) is 0 Å². The van der Waals surface area contributed by atoms with E-state index in [0.717, 1.165) is 9.26 Å². The Bertz CT molecular complexity index is 475. The molecule has 0 saturated carbocycles. The van der Waals surface area contributed by atoms with Crippen molar-refractivity contribution in [1.82, 2.24) is 9.97 Å². The second kappa shape index (κ2) is 6.13. The quantitative estimate of drug-likeness (QED) is 0.789. The highest BCUT2D eigenvalue weighted by Crippen LogP contribution is 2.37. The number of nitrogen functional groups attached to an aromatic ring is 1. The summed E-state index contributed by atoms with van der Waals surface area (Å²) in [6, 6.07) is 0. The summed E-state index contributed by atoms with van der Waals surface area (Å²) in [5.74, 6) is 1.22. The highest BCUT2D eigenvalue weighted by atomic mass is 127. The largest absolute Gasteiger partial charge is 0.383 e. The third-order valence-electron chi connectivity index (χ3n) is 2.96. The van der Waals surface area contributed by atoms with Crippen LogP contribution in [0.3, 0.4) is 0 Å². The summed E-state index contributed by atoms with van der Waals surface area (Å²) < 4.78 is 6.81. The van der Waals surface area contributed by atoms with E-state index in [1.54, 1.807) is 0 Å². The second-order valence-electron chi connectivity index (χ2n) is 7.08. The SMILES string of the molecule is CCOC(c1nc(N)c(I)c(C(C)(C)C)n1)C(C)(C)C. The standard InChI is InChI=1S/C15H26IN3O/c1-8-20-11(15(5,6)7)13-18-10(14(2,3)4)9(16)12(17)19-13/h11H,8H2,1-7H3,(H2,17,18,19). The fourth-order valence-corrected chi connectivity index (χ4v) is 3.03. The van der Waals surface area contributed by atoms with Gasteiger partial charge in [0.1, 0.15) is 11.9 Å². The first-order valence-corrected chi connectivity index (χ1v) is 8.01. The first-order valence-electron chi connectivity index (χ1n) is 6.93. The van der Waals surface area contributed by atoms with Gasteiger partial charge in [-0.3, -0.25) is 0 Å². The normalized spacial score (nSPS) is 14.4. The first kappa shape index (κ1) is 17.6. The van der Waals surface area contributed by atoms with E-state index in [1.165, 1.54) is 0 Å². The minimum atomic E-state index is -0.159. The van der Waals surface area contributed by atoms with Crippen LogP contribution in [0, 0.1) is 8.99 Å². The van der Waals surface area contributed by atoms with Crippen molar-refractivity contribution in [3.63, 3.8) is 0 Å². The van der Waals surface area contributed by atoms with E-state index in [4.69, 9.17) is 15.5 Å². The van der Waals surface area contributed by atoms with E-state index in [1.807, 2.05) is 6.92 Å². The molecule has 5 heteroatoms. The number of nitrogens with zero attached hydrogens (tertiary/aromatic N) is 2. The molecule has 1 aromatic rings. The lowest BCUT2D eigenvalue weighted by Crippen LogP contribution is -2.27. The molecule has 1 unspecified atom stereocenters. The lowest BCUT2D eigenvalue weighted by atomic mass is 9.87. The minimum absolute atomic E-state index is 0.0724. The third-order valence-corrected chi connectivity index (χ3v) is 4.02. The van der Waals surface area contributed by atoms with Crippen molar-refractivity contribution in [2.75, 3.05) is 12.3 Å². The zero-order valence-corrected chi connectivity index (χ0v) is 15.7. The van der Waals surface area contributed by atoms with Crippen LogP contribution in [0.1, 0.15) is 66.1 Å². The maximum absolute atomic E-state index is 6.08. The molecule has 0 bridgehead atoms. The lowest BCUT2D eigenvalue weighted by Gasteiger charge is -2.30. The molecular weight excluding hydrogens is 365 g/mol. The third kappa shape index (κ3) is 4.04. The van der Waals surface area contributed by atoms with Crippen molar-refractivity contribution in [3.05, 3.63) is 15.1 Å². The van der Waals surface area contributed by atoms with E-state index in [-0.39, 0.29) is 16.9 Å². The fourth-order valence-electron chi connectivity index (χ4n) is 1.98. The van der Waals surface area contributed by atoms with Gasteiger partial charge in [0.25, 0.3) is 0 Å². The summed E-state index contributed by atoms with van der Waals surface area (Å²) in [7, 11) is 0. The first-order chi connectivity index (χ1) is 8.98. The molecule has 0 saturated heterocycles. The van der Waals surface area contributed by atoms with Gasteiger partial charge in [0.05, 0.1) is 9.26 Å². The zero-order chi connectivity index (χ0) is 15.7. The molecule has 1 aromatic heterocycles. The van der Waals surface area contributed by atoms with Crippen molar-refractivity contribution in [2.45, 2.75) is 60.0 Å². The van der Waals surface area contributed by atoms with Gasteiger partial charge in [-0.1, -0.05) is 41.5 Å². The Morgan fingerprint density at radius 1 is 1.15 bits per heavy atom. The Hall–Kier alpha value is -0.430. The molecule has 0 amide bonds. The monoisotopic (exact) mass is 391 g/mol. The van der Waals surface area contributed by atoms with Crippen LogP contribution in [0.25, 0.3) is 0 Å². The van der Waals surface area contributed by atoms with Gasteiger partial charge in [-0.05, 0) is 34.9 Å². The summed E-state index contributed by atoms with van der Waals surface area (Å²) >= 11 is 2.22. The zero-order valence-electron chi connectivity index (χ0n) is 13.5. The molecule has 4 nitrogen and oxygen atoms in total. The van der Waals surface area contributed by atoms with Crippen LogP contribution in [-0.4, -0.2) is 16.6 Å². The van der Waals surface area contributed by atoms with Crippen molar-refractivity contribution in [3.8, 4) is 0 Å². The number of anilines is 1. The molecule has 1 heterocycles. The summed E-state index contributed by atoms with van der Waals surface area (Å²) in [6.07, 6.45) is -0.159. The molecule has 0 aliphatic carbocycles. The highest BCUT2D eigenvalue weighted by molar-refractivity contribution is 14.1. The molecular formula is C15H26IN3O. The maximum atomic E-state index is 6.08. The predicted octanol–water partition coefficient (Wildman–Crippen LogP) is 4.08. The summed E-state index contributed by atoms with van der Waals surface area (Å²) in [5, 5.41) is 0. The Kier molecular flexibility index (Phi) is 5.40. The van der Waals surface area contributed by atoms with Crippen molar-refractivity contribution in [1.29, 1.82) is 0 Å². The van der Waals surface area contributed by atoms with Gasteiger partial charge >= 0.3 is 0 Å². The van der Waals surface area contributed by atoms with Gasteiger partial charge < -0.3 is 10.5 Å². The molecule has 114 valence electrons. The number of aromatic nitrogens is 2. The molecule has 2 N–H and O–H groups in total. The van der Waals surface area contributed by atoms with Crippen LogP contribution < -0.4 is 5.73 Å². The smallest absolute Gasteiger partial charge is 0.160 e. The minimum Gasteiger partial charge on any atom is -0.383 e. The van der Waals surface area contributed by atoms with E-state index in [0.29, 0.717) is 18.2 Å². The fraction of sp³-hybridized carbons (Fsp3) is 0.733. The van der Waals surface area contributed by atoms with Crippen molar-refractivity contribution >= 4 is 28.4 Å². The van der Waals surface area contributed by atoms with Gasteiger partial charge in [-0.2, -0.15) is 0 Å². The van der Waals surface area contributed by atoms with Crippen LogP contribution in [-0.2, 0) is 10.2 Å². The number of ether oxygens (including phenoxy) is 1. The highest BCUT2D eigenvalue weighted by Gasteiger charge is 2.32. The molecule has 1 rings (SSSR count). The second-order valence-corrected chi connectivity index (χ2v) is 8.16. The van der Waals surface area contributed by atoms with Crippen LogP contribution in [0.5, 0.6) is 0 Å². The van der Waals surface area contributed by atoms with Crippen LogP contribution >= 0.6 is 22.6 Å². The Morgan fingerprint density at radius 2 is 1.70 bits per heavy atom. The average Bonchev–Trinajstić information content (AvgIpc) is 2.26. The number of halogens is 1. The van der Waals surface area contributed by atoms with E-state index < -0.39 is 0 Å². The van der Waals surface area contributed by atoms with Crippen molar-refractivity contribution < 1.29 is 4.74 Å². The summed E-state index contributed by atoms with van der Waals surface area (Å²) in [5.41, 5.74) is 6.91. The number of nitrogens with two attached hydrogens (primary N) is 1. The van der Waals surface area contributed by atoms with Crippen molar-refractivity contribution in [2.24, 2.45) is 5.41 Å². The predicted molar refractivity (Wildman–Crippen MR) is 91.7 cm³/mol. The Labute approximate surface area is 136 Å². The molecule has 0 spiro atoms. The number of rotatable bonds is 3. The lowest BCUT2D eigenvalue weighted by molar-refractivity contribution is -0.0192. The van der Waals surface area contributed by atoms with E-state index in [9.17, 15) is 0 Å². The number of hydrogen-bond acceptors (Lipinski definition) is 4. The van der Waals surface area contributed by atoms with E-state index >= 15 is 0 Å². The van der Waals surface area contributed by atoms with Gasteiger partial charge in [0.2, 0.25) is 0 Å².